The van der Waals surface area contributed by atoms with Crippen LogP contribution < -0.4 is 11.1 Å². The summed E-state index contributed by atoms with van der Waals surface area (Å²) in [7, 11) is 0. The Morgan fingerprint density at radius 1 is 1.53 bits per heavy atom. The van der Waals surface area contributed by atoms with Gasteiger partial charge in [0, 0.05) is 11.4 Å². The van der Waals surface area contributed by atoms with Gasteiger partial charge in [-0.15, -0.1) is 11.3 Å². The van der Waals surface area contributed by atoms with E-state index in [1.807, 2.05) is 0 Å². The maximum Gasteiger partial charge on any atom is 0.288 e. The van der Waals surface area contributed by atoms with Gasteiger partial charge < -0.3 is 11.1 Å². The first-order valence-electron chi connectivity index (χ1n) is 5.13. The van der Waals surface area contributed by atoms with Crippen LogP contribution in [-0.4, -0.2) is 20.8 Å². The largest absolute Gasteiger partial charge is 0.383 e. The fourth-order valence-electron chi connectivity index (χ4n) is 1.34. The molecule has 2 aromatic rings. The molecule has 8 nitrogen and oxygen atoms in total. The van der Waals surface area contributed by atoms with E-state index in [9.17, 15) is 14.9 Å². The molecule has 0 aromatic carbocycles. The number of thiazole rings is 1. The minimum absolute atomic E-state index is 0.0237. The van der Waals surface area contributed by atoms with E-state index in [2.05, 4.69) is 15.3 Å². The highest BCUT2D eigenvalue weighted by molar-refractivity contribution is 7.07. The molecule has 0 saturated heterocycles. The Bertz CT molecular complexity index is 614. The van der Waals surface area contributed by atoms with Crippen LogP contribution in [0.4, 0.5) is 11.5 Å². The van der Waals surface area contributed by atoms with Crippen LogP contribution in [0.25, 0.3) is 0 Å². The van der Waals surface area contributed by atoms with Crippen LogP contribution in [0.15, 0.2) is 23.2 Å². The maximum atomic E-state index is 11.9. The predicted molar refractivity (Wildman–Crippen MR) is 68.6 cm³/mol. The highest BCUT2D eigenvalue weighted by Gasteiger charge is 2.16. The summed E-state index contributed by atoms with van der Waals surface area (Å²) in [6, 6.07) is 1.10. The van der Waals surface area contributed by atoms with Crippen LogP contribution in [0.5, 0.6) is 0 Å². The normalized spacial score (nSPS) is 10.1. The number of hydrogen-bond donors (Lipinski definition) is 2. The molecule has 1 amide bonds. The third-order valence-corrected chi connectivity index (χ3v) is 2.91. The summed E-state index contributed by atoms with van der Waals surface area (Å²) in [5.74, 6) is -0.580. The van der Waals surface area contributed by atoms with E-state index in [1.54, 1.807) is 10.9 Å². The molecule has 0 saturated carbocycles. The molecule has 2 rings (SSSR count). The van der Waals surface area contributed by atoms with Crippen LogP contribution in [0.3, 0.4) is 0 Å². The van der Waals surface area contributed by atoms with E-state index in [4.69, 9.17) is 5.73 Å². The number of rotatable bonds is 4. The maximum absolute atomic E-state index is 11.9. The molecule has 9 heteroatoms. The molecule has 0 fully saturated rings. The number of nitrogens with zero attached hydrogens (tertiary/aromatic N) is 3. The minimum atomic E-state index is -0.635. The number of carbonyl (C=O) groups is 1. The van der Waals surface area contributed by atoms with Crippen LogP contribution in [0, 0.1) is 10.1 Å². The summed E-state index contributed by atoms with van der Waals surface area (Å²) in [6.45, 7) is 0.227. The number of nitro groups is 1. The van der Waals surface area contributed by atoms with Gasteiger partial charge in [-0.25, -0.2) is 9.97 Å². The lowest BCUT2D eigenvalue weighted by molar-refractivity contribution is -0.385. The molecule has 19 heavy (non-hydrogen) atoms. The van der Waals surface area contributed by atoms with Crippen molar-refractivity contribution in [2.45, 2.75) is 6.54 Å². The summed E-state index contributed by atoms with van der Waals surface area (Å²) < 4.78 is 0. The van der Waals surface area contributed by atoms with Gasteiger partial charge in [-0.2, -0.15) is 0 Å². The van der Waals surface area contributed by atoms with Crippen molar-refractivity contribution >= 4 is 28.7 Å². The average molecular weight is 279 g/mol. The second-order valence-corrected chi connectivity index (χ2v) is 4.26. The topological polar surface area (TPSA) is 124 Å². The van der Waals surface area contributed by atoms with Gasteiger partial charge in [0.2, 0.25) is 0 Å². The first-order valence-corrected chi connectivity index (χ1v) is 6.07. The molecule has 0 aliphatic carbocycles. The van der Waals surface area contributed by atoms with Gasteiger partial charge in [-0.05, 0) is 0 Å². The lowest BCUT2D eigenvalue weighted by Crippen LogP contribution is -2.24. The van der Waals surface area contributed by atoms with Crippen LogP contribution in [0.2, 0.25) is 0 Å². The summed E-state index contributed by atoms with van der Waals surface area (Å²) in [4.78, 5) is 29.5. The summed E-state index contributed by atoms with van der Waals surface area (Å²) in [6.07, 6.45) is 1.01. The molecule has 2 aromatic heterocycles. The van der Waals surface area contributed by atoms with Crippen LogP contribution >= 0.6 is 11.3 Å². The van der Waals surface area contributed by atoms with Gasteiger partial charge in [-0.1, -0.05) is 0 Å². The number of hydrogen-bond acceptors (Lipinski definition) is 7. The fraction of sp³-hybridized carbons (Fsp3) is 0.100. The van der Waals surface area contributed by atoms with E-state index < -0.39 is 10.8 Å². The number of nitrogen functional groups attached to an aromatic ring is 1. The summed E-state index contributed by atoms with van der Waals surface area (Å²) in [5.41, 5.74) is 7.57. The number of carbonyl (C=O) groups excluding carboxylic acids is 1. The van der Waals surface area contributed by atoms with Crippen molar-refractivity contribution in [2.75, 3.05) is 5.73 Å². The first-order chi connectivity index (χ1) is 9.08. The van der Waals surface area contributed by atoms with E-state index in [-0.39, 0.29) is 23.6 Å². The van der Waals surface area contributed by atoms with E-state index >= 15 is 0 Å². The molecule has 0 spiro atoms. The van der Waals surface area contributed by atoms with E-state index in [1.165, 1.54) is 11.3 Å². The Morgan fingerprint density at radius 2 is 2.32 bits per heavy atom. The first kappa shape index (κ1) is 12.9. The Balaban J connectivity index is 2.14. The van der Waals surface area contributed by atoms with Gasteiger partial charge in [0.25, 0.3) is 11.6 Å². The van der Waals surface area contributed by atoms with Crippen molar-refractivity contribution in [1.82, 2.24) is 15.3 Å². The Kier molecular flexibility index (Phi) is 3.66. The molecule has 98 valence electrons. The van der Waals surface area contributed by atoms with Gasteiger partial charge in [0.05, 0.1) is 28.2 Å². The summed E-state index contributed by atoms with van der Waals surface area (Å²) in [5, 5.41) is 15.0. The Labute approximate surface area is 111 Å². The average Bonchev–Trinajstić information content (AvgIpc) is 2.89. The predicted octanol–water partition coefficient (Wildman–Crippen LogP) is 0.958. The van der Waals surface area contributed by atoms with E-state index in [0.717, 1.165) is 12.3 Å². The fourth-order valence-corrected chi connectivity index (χ4v) is 1.90. The zero-order valence-electron chi connectivity index (χ0n) is 9.57. The molecule has 0 aliphatic rings. The molecule has 3 N–H and O–H groups in total. The van der Waals surface area contributed by atoms with Crippen molar-refractivity contribution in [2.24, 2.45) is 0 Å². The standard InChI is InChI=1S/C10H9N5O3S/c11-9-8(1-7(3-12-9)15(17)18)10(16)13-2-6-4-19-5-14-6/h1,3-5H,2H2,(H2,11,12)(H,13,16). The SMILES string of the molecule is Nc1ncc([N+](=O)[O-])cc1C(=O)NCc1cscn1. The zero-order chi connectivity index (χ0) is 13.8. The van der Waals surface area contributed by atoms with Crippen molar-refractivity contribution in [3.63, 3.8) is 0 Å². The molecule has 2 heterocycles. The number of nitrogens with one attached hydrogen (secondary N) is 1. The molecule has 0 unspecified atom stereocenters. The highest BCUT2D eigenvalue weighted by Crippen LogP contribution is 2.16. The molecular weight excluding hydrogens is 270 g/mol. The molecule has 0 aliphatic heterocycles. The number of aromatic nitrogens is 2. The van der Waals surface area contributed by atoms with Gasteiger partial charge in [0.1, 0.15) is 12.0 Å². The summed E-state index contributed by atoms with van der Waals surface area (Å²) >= 11 is 1.41. The monoisotopic (exact) mass is 279 g/mol. The van der Waals surface area contributed by atoms with Crippen LogP contribution in [0.1, 0.15) is 16.1 Å². The van der Waals surface area contributed by atoms with Crippen molar-refractivity contribution < 1.29 is 9.72 Å². The van der Waals surface area contributed by atoms with Crippen molar-refractivity contribution in [1.29, 1.82) is 0 Å². The number of anilines is 1. The second-order valence-electron chi connectivity index (χ2n) is 3.55. The lowest BCUT2D eigenvalue weighted by atomic mass is 10.2. The van der Waals surface area contributed by atoms with E-state index in [0.29, 0.717) is 5.69 Å². The second kappa shape index (κ2) is 5.40. The van der Waals surface area contributed by atoms with Gasteiger partial charge in [0.15, 0.2) is 0 Å². The quantitative estimate of drug-likeness (QED) is 0.634. The van der Waals surface area contributed by atoms with Crippen molar-refractivity contribution in [3.05, 3.63) is 44.5 Å². The molecule has 0 radical (unpaired) electrons. The van der Waals surface area contributed by atoms with Gasteiger partial charge in [-0.3, -0.25) is 14.9 Å². The molecule has 0 atom stereocenters. The highest BCUT2D eigenvalue weighted by atomic mass is 32.1. The number of amides is 1. The third kappa shape index (κ3) is 3.01. The molecule has 0 bridgehead atoms. The lowest BCUT2D eigenvalue weighted by Gasteiger charge is -2.05. The van der Waals surface area contributed by atoms with Gasteiger partial charge >= 0.3 is 0 Å². The number of pyridine rings is 1. The smallest absolute Gasteiger partial charge is 0.288 e. The minimum Gasteiger partial charge on any atom is -0.383 e. The Hall–Kier alpha value is -2.55. The molecular formula is C10H9N5O3S. The van der Waals surface area contributed by atoms with Crippen molar-refractivity contribution in [3.8, 4) is 0 Å². The number of nitrogens with two attached hydrogens (primary N) is 1. The third-order valence-electron chi connectivity index (χ3n) is 2.27. The van der Waals surface area contributed by atoms with Crippen LogP contribution in [-0.2, 0) is 6.54 Å². The zero-order valence-corrected chi connectivity index (χ0v) is 10.4. The Morgan fingerprint density at radius 3 is 2.95 bits per heavy atom.